The Balaban J connectivity index is -0.0000000800. The average Bonchev–Trinajstić information content (AvgIpc) is 1.41. The second-order valence-electron chi connectivity index (χ2n) is 0.993. The van der Waals surface area contributed by atoms with Crippen molar-refractivity contribution in [1.82, 2.24) is 0 Å². The molecule has 0 heterocycles. The summed E-state index contributed by atoms with van der Waals surface area (Å²) in [7, 11) is 1.71. The lowest BCUT2D eigenvalue weighted by Crippen LogP contribution is -1.80. The van der Waals surface area contributed by atoms with Gasteiger partial charge in [0.15, 0.2) is 0 Å². The van der Waals surface area contributed by atoms with Crippen molar-refractivity contribution in [2.45, 2.75) is 13.3 Å². The molecule has 0 aromatic heterocycles. The van der Waals surface area contributed by atoms with Crippen LogP contribution in [0.5, 0.6) is 0 Å². The van der Waals surface area contributed by atoms with E-state index in [1.807, 2.05) is 0 Å². The first-order valence-corrected chi connectivity index (χ1v) is 1.90. The normalized spacial score (nSPS) is 8.40. The summed E-state index contributed by atoms with van der Waals surface area (Å²) in [6.07, 6.45) is 1.12. The summed E-state index contributed by atoms with van der Waals surface area (Å²) < 4.78 is 4.69. The molecule has 5 heavy (non-hydrogen) atoms. The molecule has 0 saturated carbocycles. The molecule has 0 fully saturated rings. The second kappa shape index (κ2) is 3.96. The summed E-state index contributed by atoms with van der Waals surface area (Å²) in [5.74, 6) is 0. The zero-order valence-corrected chi connectivity index (χ0v) is 3.82. The predicted molar refractivity (Wildman–Crippen MR) is 26.4 cm³/mol. The molecule has 0 unspecified atom stereocenters. The molecular weight excluding hydrogens is 64.0 g/mol. The SMILES string of the molecule is CCCOC.[HH].[HH]. The average molecular weight is 78.2 g/mol. The fourth-order valence-corrected chi connectivity index (χ4v) is 0.204. The van der Waals surface area contributed by atoms with Crippen molar-refractivity contribution < 1.29 is 7.59 Å². The zero-order chi connectivity index (χ0) is 4.12. The van der Waals surface area contributed by atoms with Gasteiger partial charge in [0.2, 0.25) is 0 Å². The van der Waals surface area contributed by atoms with E-state index in [0.717, 1.165) is 13.0 Å². The summed E-state index contributed by atoms with van der Waals surface area (Å²) in [5, 5.41) is 0. The van der Waals surface area contributed by atoms with Crippen LogP contribution in [0.4, 0.5) is 0 Å². The van der Waals surface area contributed by atoms with E-state index in [0.29, 0.717) is 0 Å². The highest BCUT2D eigenvalue weighted by atomic mass is 16.5. The van der Waals surface area contributed by atoms with E-state index in [2.05, 4.69) is 6.92 Å². The van der Waals surface area contributed by atoms with Crippen molar-refractivity contribution in [2.24, 2.45) is 0 Å². The fourth-order valence-electron chi connectivity index (χ4n) is 0.204. The molecule has 1 nitrogen and oxygen atoms in total. The minimum atomic E-state index is 0. The van der Waals surface area contributed by atoms with Crippen molar-refractivity contribution in [1.29, 1.82) is 0 Å². The Bertz CT molecular complexity index is 17.2. The maximum absolute atomic E-state index is 4.69. The Morgan fingerprint density at radius 1 is 1.80 bits per heavy atom. The molecule has 0 aliphatic heterocycles. The molecule has 0 bridgehead atoms. The van der Waals surface area contributed by atoms with Crippen LogP contribution in [0.1, 0.15) is 16.2 Å². The first-order chi connectivity index (χ1) is 2.41. The summed E-state index contributed by atoms with van der Waals surface area (Å²) in [4.78, 5) is 0. The van der Waals surface area contributed by atoms with Gasteiger partial charge in [-0.1, -0.05) is 6.92 Å². The Labute approximate surface area is 35.9 Å². The van der Waals surface area contributed by atoms with Crippen LogP contribution in [-0.2, 0) is 4.74 Å². The Morgan fingerprint density at radius 3 is 2.40 bits per heavy atom. The number of rotatable bonds is 2. The van der Waals surface area contributed by atoms with Crippen molar-refractivity contribution in [3.63, 3.8) is 0 Å². The number of hydrogen-bond donors (Lipinski definition) is 0. The summed E-state index contributed by atoms with van der Waals surface area (Å²) in [6.45, 7) is 2.98. The lowest BCUT2D eigenvalue weighted by molar-refractivity contribution is 0.199. The van der Waals surface area contributed by atoms with Crippen LogP contribution in [-0.4, -0.2) is 13.7 Å². The quantitative estimate of drug-likeness (QED) is 0.486. The second-order valence-corrected chi connectivity index (χ2v) is 0.993. The Kier molecular flexibility index (Phi) is 3.93. The van der Waals surface area contributed by atoms with E-state index < -0.39 is 0 Å². The molecule has 0 aromatic carbocycles. The van der Waals surface area contributed by atoms with E-state index in [9.17, 15) is 0 Å². The van der Waals surface area contributed by atoms with Gasteiger partial charge in [0.25, 0.3) is 0 Å². The monoisotopic (exact) mass is 78.1 g/mol. The standard InChI is InChI=1S/C4H10O.2H2/c1-3-4-5-2;;/h3-4H2,1-2H3;2*1H. The van der Waals surface area contributed by atoms with Crippen LogP contribution >= 0.6 is 0 Å². The van der Waals surface area contributed by atoms with Gasteiger partial charge in [0.05, 0.1) is 0 Å². The number of hydrogen-bond acceptors (Lipinski definition) is 1. The van der Waals surface area contributed by atoms with Crippen LogP contribution in [0, 0.1) is 0 Å². The lowest BCUT2D eigenvalue weighted by atomic mass is 10.5. The zero-order valence-electron chi connectivity index (χ0n) is 3.82. The molecule has 0 N–H and O–H groups in total. The lowest BCUT2D eigenvalue weighted by Gasteiger charge is -1.84. The van der Waals surface area contributed by atoms with Crippen LogP contribution in [0.3, 0.4) is 0 Å². The summed E-state index contributed by atoms with van der Waals surface area (Å²) in [5.41, 5.74) is 0. The minimum absolute atomic E-state index is 0. The molecular formula is C4H14O. The number of ether oxygens (including phenoxy) is 1. The molecule has 0 saturated heterocycles. The first-order valence-electron chi connectivity index (χ1n) is 1.90. The molecule has 0 atom stereocenters. The molecule has 0 aliphatic carbocycles. The third-order valence-electron chi connectivity index (χ3n) is 0.408. The molecule has 0 amide bonds. The highest BCUT2D eigenvalue weighted by molar-refractivity contribution is 4.15. The van der Waals surface area contributed by atoms with E-state index in [4.69, 9.17) is 4.74 Å². The van der Waals surface area contributed by atoms with Gasteiger partial charge in [0, 0.05) is 16.6 Å². The molecule has 1 heteroatoms. The van der Waals surface area contributed by atoms with Crippen molar-refractivity contribution in [3.05, 3.63) is 0 Å². The van der Waals surface area contributed by atoms with Crippen molar-refractivity contribution in [3.8, 4) is 0 Å². The van der Waals surface area contributed by atoms with Crippen molar-refractivity contribution in [2.75, 3.05) is 13.7 Å². The third-order valence-corrected chi connectivity index (χ3v) is 0.408. The molecule has 0 rings (SSSR count). The molecule has 0 aromatic rings. The van der Waals surface area contributed by atoms with E-state index >= 15 is 0 Å². The minimum Gasteiger partial charge on any atom is -0.385 e. The fraction of sp³-hybridized carbons (Fsp3) is 1.00. The van der Waals surface area contributed by atoms with Gasteiger partial charge in [-0.3, -0.25) is 0 Å². The van der Waals surface area contributed by atoms with E-state index in [-0.39, 0.29) is 2.85 Å². The first kappa shape index (κ1) is 4.96. The summed E-state index contributed by atoms with van der Waals surface area (Å²) in [6, 6.07) is 0. The van der Waals surface area contributed by atoms with E-state index in [1.54, 1.807) is 7.11 Å². The van der Waals surface area contributed by atoms with Crippen LogP contribution in [0.2, 0.25) is 0 Å². The maximum atomic E-state index is 4.69. The van der Waals surface area contributed by atoms with Gasteiger partial charge >= 0.3 is 0 Å². The molecule has 36 valence electrons. The Morgan fingerprint density at radius 2 is 2.40 bits per heavy atom. The van der Waals surface area contributed by atoms with Crippen LogP contribution in [0.15, 0.2) is 0 Å². The van der Waals surface area contributed by atoms with Gasteiger partial charge in [0.1, 0.15) is 0 Å². The van der Waals surface area contributed by atoms with E-state index in [1.165, 1.54) is 0 Å². The van der Waals surface area contributed by atoms with Crippen LogP contribution < -0.4 is 0 Å². The topological polar surface area (TPSA) is 9.23 Å². The molecule has 0 aliphatic rings. The van der Waals surface area contributed by atoms with Gasteiger partial charge in [-0.25, -0.2) is 0 Å². The van der Waals surface area contributed by atoms with Gasteiger partial charge < -0.3 is 4.74 Å². The number of methoxy groups -OCH3 is 1. The largest absolute Gasteiger partial charge is 0.385 e. The van der Waals surface area contributed by atoms with Crippen molar-refractivity contribution >= 4 is 0 Å². The van der Waals surface area contributed by atoms with Gasteiger partial charge in [-0.2, -0.15) is 0 Å². The molecule has 0 spiro atoms. The molecule has 0 radical (unpaired) electrons. The maximum Gasteiger partial charge on any atom is 0.0459 e. The highest BCUT2D eigenvalue weighted by Crippen LogP contribution is 1.70. The predicted octanol–water partition coefficient (Wildman–Crippen LogP) is 1.53. The van der Waals surface area contributed by atoms with Crippen LogP contribution in [0.25, 0.3) is 0 Å². The highest BCUT2D eigenvalue weighted by Gasteiger charge is 1.66. The Hall–Kier alpha value is -0.0400. The van der Waals surface area contributed by atoms with Gasteiger partial charge in [-0.15, -0.1) is 0 Å². The third kappa shape index (κ3) is 3.96. The summed E-state index contributed by atoms with van der Waals surface area (Å²) >= 11 is 0. The smallest absolute Gasteiger partial charge is 0.0459 e. The van der Waals surface area contributed by atoms with Gasteiger partial charge in [-0.05, 0) is 6.42 Å².